The number of hydrogen-bond acceptors (Lipinski definition) is 2. The van der Waals surface area contributed by atoms with Crippen molar-refractivity contribution in [3.63, 3.8) is 0 Å². The molecule has 0 saturated heterocycles. The average molecular weight is 276 g/mol. The number of hydrogen-bond donors (Lipinski definition) is 0. The number of rotatable bonds is 5. The van der Waals surface area contributed by atoms with Gasteiger partial charge in [-0.1, -0.05) is 38.5 Å². The minimum atomic E-state index is -0.248. The summed E-state index contributed by atoms with van der Waals surface area (Å²) >= 11 is 0. The van der Waals surface area contributed by atoms with E-state index < -0.39 is 0 Å². The van der Waals surface area contributed by atoms with Gasteiger partial charge >= 0.3 is 5.97 Å². The molecule has 0 aliphatic heterocycles. The maximum atomic E-state index is 11.5. The molecule has 0 heterocycles. The molecule has 0 N–H and O–H groups in total. The van der Waals surface area contributed by atoms with Crippen molar-refractivity contribution in [1.29, 1.82) is 0 Å². The first-order valence-electron chi connectivity index (χ1n) is 7.60. The third-order valence-electron chi connectivity index (χ3n) is 3.85. The van der Waals surface area contributed by atoms with Gasteiger partial charge in [-0.05, 0) is 56.1 Å². The fraction of sp³-hybridized carbons (Fsp3) is 0.611. The lowest BCUT2D eigenvalue weighted by Crippen LogP contribution is -2.19. The van der Waals surface area contributed by atoms with Crippen molar-refractivity contribution < 1.29 is 9.53 Å². The van der Waals surface area contributed by atoms with Gasteiger partial charge in [-0.3, -0.25) is 0 Å². The monoisotopic (exact) mass is 276 g/mol. The maximum absolute atomic E-state index is 11.5. The van der Waals surface area contributed by atoms with E-state index in [4.69, 9.17) is 4.74 Å². The molecule has 0 fully saturated rings. The lowest BCUT2D eigenvalue weighted by Gasteiger charge is -2.32. The summed E-state index contributed by atoms with van der Waals surface area (Å²) in [7, 11) is 0. The molecule has 112 valence electrons. The van der Waals surface area contributed by atoms with E-state index in [9.17, 15) is 4.79 Å². The third kappa shape index (κ3) is 4.99. The van der Waals surface area contributed by atoms with Crippen LogP contribution in [0.15, 0.2) is 34.9 Å². The first-order chi connectivity index (χ1) is 9.36. The molecule has 0 spiro atoms. The highest BCUT2D eigenvalue weighted by Crippen LogP contribution is 2.40. The van der Waals surface area contributed by atoms with Crippen LogP contribution in [0.2, 0.25) is 0 Å². The van der Waals surface area contributed by atoms with Crippen molar-refractivity contribution in [2.24, 2.45) is 5.41 Å². The number of carbonyl (C=O) groups excluding carboxylic acids is 1. The topological polar surface area (TPSA) is 26.3 Å². The van der Waals surface area contributed by atoms with Crippen molar-refractivity contribution in [3.05, 3.63) is 34.9 Å². The maximum Gasteiger partial charge on any atom is 0.331 e. The van der Waals surface area contributed by atoms with E-state index in [1.54, 1.807) is 6.08 Å². The van der Waals surface area contributed by atoms with E-state index in [1.165, 1.54) is 30.4 Å². The molecule has 0 aromatic rings. The van der Waals surface area contributed by atoms with E-state index in [0.717, 1.165) is 12.0 Å². The minimum absolute atomic E-state index is 0.238. The van der Waals surface area contributed by atoms with Gasteiger partial charge in [0.25, 0.3) is 0 Å². The summed E-state index contributed by atoms with van der Waals surface area (Å²) in [6, 6.07) is 0. The Kier molecular flexibility index (Phi) is 6.25. The Morgan fingerprint density at radius 1 is 1.40 bits per heavy atom. The lowest BCUT2D eigenvalue weighted by molar-refractivity contribution is -0.137. The van der Waals surface area contributed by atoms with Crippen LogP contribution in [0.5, 0.6) is 0 Å². The largest absolute Gasteiger partial charge is 0.463 e. The van der Waals surface area contributed by atoms with Crippen molar-refractivity contribution in [1.82, 2.24) is 0 Å². The number of ether oxygens (including phenoxy) is 1. The number of allylic oxidation sites excluding steroid dienone is 5. The first kappa shape index (κ1) is 16.7. The second-order valence-corrected chi connectivity index (χ2v) is 6.32. The molecule has 0 atom stereocenters. The molecule has 0 radical (unpaired) electrons. The lowest BCUT2D eigenvalue weighted by atomic mass is 9.72. The molecule has 1 aliphatic rings. The van der Waals surface area contributed by atoms with Crippen LogP contribution in [0.25, 0.3) is 0 Å². The van der Waals surface area contributed by atoms with Crippen LogP contribution < -0.4 is 0 Å². The van der Waals surface area contributed by atoms with Crippen LogP contribution in [0.1, 0.15) is 60.3 Å². The Morgan fingerprint density at radius 3 is 2.70 bits per heavy atom. The summed E-state index contributed by atoms with van der Waals surface area (Å²) < 4.78 is 5.05. The molecule has 20 heavy (non-hydrogen) atoms. The standard InChI is InChI=1S/C18H28O2/c1-6-12-20-17(19)13-14(2)9-10-16-15(3)8-7-11-18(16,4)5/h9-10,13H,6-8,11-12H2,1-5H3. The fourth-order valence-corrected chi connectivity index (χ4v) is 2.70. The number of carbonyl (C=O) groups is 1. The third-order valence-corrected chi connectivity index (χ3v) is 3.85. The van der Waals surface area contributed by atoms with Crippen LogP contribution in [0.4, 0.5) is 0 Å². The molecule has 1 aliphatic carbocycles. The summed E-state index contributed by atoms with van der Waals surface area (Å²) in [5, 5.41) is 0. The SMILES string of the molecule is CCCOC(=O)C=C(C)C=CC1=C(C)CCCC1(C)C. The van der Waals surface area contributed by atoms with Gasteiger partial charge in [0.1, 0.15) is 0 Å². The van der Waals surface area contributed by atoms with Crippen molar-refractivity contribution in [2.75, 3.05) is 6.61 Å². The molecule has 1 rings (SSSR count). The number of esters is 1. The molecule has 0 aromatic carbocycles. The minimum Gasteiger partial charge on any atom is -0.463 e. The normalized spacial score (nSPS) is 19.6. The summed E-state index contributed by atoms with van der Waals surface area (Å²) in [6.07, 6.45) is 10.3. The van der Waals surface area contributed by atoms with Crippen molar-refractivity contribution in [2.45, 2.75) is 60.3 Å². The van der Waals surface area contributed by atoms with Crippen LogP contribution >= 0.6 is 0 Å². The molecule has 0 aromatic heterocycles. The van der Waals surface area contributed by atoms with Gasteiger partial charge in [-0.15, -0.1) is 0 Å². The smallest absolute Gasteiger partial charge is 0.331 e. The Bertz CT molecular complexity index is 436. The Morgan fingerprint density at radius 2 is 2.10 bits per heavy atom. The zero-order valence-electron chi connectivity index (χ0n) is 13.6. The zero-order chi connectivity index (χ0) is 15.2. The average Bonchev–Trinajstić information content (AvgIpc) is 2.34. The quantitative estimate of drug-likeness (QED) is 0.402. The second kappa shape index (κ2) is 7.47. The van der Waals surface area contributed by atoms with E-state index in [0.29, 0.717) is 6.61 Å². The van der Waals surface area contributed by atoms with Gasteiger partial charge < -0.3 is 4.74 Å². The molecule has 0 saturated carbocycles. The van der Waals surface area contributed by atoms with E-state index in [-0.39, 0.29) is 11.4 Å². The Balaban J connectivity index is 2.76. The molecule has 0 unspecified atom stereocenters. The van der Waals surface area contributed by atoms with Crippen LogP contribution in [-0.2, 0) is 9.53 Å². The van der Waals surface area contributed by atoms with Gasteiger partial charge in [0.2, 0.25) is 0 Å². The van der Waals surface area contributed by atoms with Crippen LogP contribution in [0.3, 0.4) is 0 Å². The predicted molar refractivity (Wildman–Crippen MR) is 84.5 cm³/mol. The van der Waals surface area contributed by atoms with Crippen LogP contribution in [-0.4, -0.2) is 12.6 Å². The van der Waals surface area contributed by atoms with Gasteiger partial charge in [0.15, 0.2) is 0 Å². The summed E-state index contributed by atoms with van der Waals surface area (Å²) in [6.45, 7) is 11.2. The predicted octanol–water partition coefficient (Wildman–Crippen LogP) is 4.97. The molecule has 2 nitrogen and oxygen atoms in total. The highest BCUT2D eigenvalue weighted by molar-refractivity contribution is 5.83. The highest BCUT2D eigenvalue weighted by Gasteiger charge is 2.26. The molecule has 0 bridgehead atoms. The first-order valence-corrected chi connectivity index (χ1v) is 7.60. The van der Waals surface area contributed by atoms with Crippen LogP contribution in [0, 0.1) is 5.41 Å². The molecular weight excluding hydrogens is 248 g/mol. The summed E-state index contributed by atoms with van der Waals surface area (Å²) in [4.78, 5) is 11.5. The van der Waals surface area contributed by atoms with E-state index in [2.05, 4.69) is 26.8 Å². The zero-order valence-corrected chi connectivity index (χ0v) is 13.6. The second-order valence-electron chi connectivity index (χ2n) is 6.32. The molecule has 0 amide bonds. The Hall–Kier alpha value is -1.31. The van der Waals surface area contributed by atoms with E-state index >= 15 is 0 Å². The van der Waals surface area contributed by atoms with Gasteiger partial charge in [-0.25, -0.2) is 4.79 Å². The van der Waals surface area contributed by atoms with Gasteiger partial charge in [0, 0.05) is 6.08 Å². The van der Waals surface area contributed by atoms with Gasteiger partial charge in [-0.2, -0.15) is 0 Å². The summed E-state index contributed by atoms with van der Waals surface area (Å²) in [5.41, 5.74) is 4.06. The molecule has 2 heteroatoms. The van der Waals surface area contributed by atoms with Gasteiger partial charge in [0.05, 0.1) is 6.61 Å². The fourth-order valence-electron chi connectivity index (χ4n) is 2.70. The van der Waals surface area contributed by atoms with E-state index in [1.807, 2.05) is 19.9 Å². The van der Waals surface area contributed by atoms with Crippen molar-refractivity contribution >= 4 is 5.97 Å². The highest BCUT2D eigenvalue weighted by atomic mass is 16.5. The molecular formula is C18H28O2. The summed E-state index contributed by atoms with van der Waals surface area (Å²) in [5.74, 6) is -0.248. The van der Waals surface area contributed by atoms with Crippen molar-refractivity contribution in [3.8, 4) is 0 Å². The Labute approximate surface area is 123 Å².